The van der Waals surface area contributed by atoms with Crippen LogP contribution in [0.25, 0.3) is 0 Å². The average Bonchev–Trinajstić information content (AvgIpc) is 1.83. The van der Waals surface area contributed by atoms with E-state index < -0.39 is 5.54 Å². The van der Waals surface area contributed by atoms with E-state index in [1.165, 1.54) is 6.08 Å². The number of carbonyl (C=O) groups is 1. The Morgan fingerprint density at radius 3 is 2.55 bits per heavy atom. The molecule has 0 aromatic carbocycles. The van der Waals surface area contributed by atoms with E-state index in [2.05, 4.69) is 0 Å². The molecule has 0 amide bonds. The van der Waals surface area contributed by atoms with E-state index in [-0.39, 0.29) is 12.6 Å². The monoisotopic (exact) mass is 157 g/mol. The topological polar surface area (TPSA) is 52.3 Å². The van der Waals surface area contributed by atoms with Crippen molar-refractivity contribution in [3.05, 3.63) is 12.2 Å². The first-order chi connectivity index (χ1) is 4.95. The molecule has 0 atom stereocenters. The first kappa shape index (κ1) is 10.2. The lowest BCUT2D eigenvalue weighted by Crippen LogP contribution is -2.38. The fourth-order valence-corrected chi connectivity index (χ4v) is 0.441. The second-order valence-corrected chi connectivity index (χ2v) is 3.10. The lowest BCUT2D eigenvalue weighted by Gasteiger charge is -2.16. The number of hydrogen-bond acceptors (Lipinski definition) is 3. The number of ether oxygens (including phenoxy) is 1. The molecule has 0 aliphatic heterocycles. The van der Waals surface area contributed by atoms with Crippen molar-refractivity contribution in [3.63, 3.8) is 0 Å². The van der Waals surface area contributed by atoms with Crippen LogP contribution >= 0.6 is 0 Å². The van der Waals surface area contributed by atoms with Crippen LogP contribution in [0.2, 0.25) is 0 Å². The summed E-state index contributed by atoms with van der Waals surface area (Å²) in [5.41, 5.74) is 5.13. The molecule has 0 heterocycles. The Kier molecular flexibility index (Phi) is 3.82. The number of allylic oxidation sites excluding steroid dienone is 1. The van der Waals surface area contributed by atoms with Gasteiger partial charge in [-0.15, -0.1) is 0 Å². The van der Waals surface area contributed by atoms with Crippen molar-refractivity contribution in [2.24, 2.45) is 5.73 Å². The van der Waals surface area contributed by atoms with Crippen LogP contribution in [0.15, 0.2) is 12.2 Å². The van der Waals surface area contributed by atoms with Crippen molar-refractivity contribution < 1.29 is 9.53 Å². The van der Waals surface area contributed by atoms with E-state index in [1.807, 2.05) is 0 Å². The Balaban J connectivity index is 3.63. The number of carbonyl (C=O) groups excluding carboxylic acids is 1. The second kappa shape index (κ2) is 4.13. The van der Waals surface area contributed by atoms with Gasteiger partial charge in [0.15, 0.2) is 0 Å². The maximum Gasteiger partial charge on any atom is 0.330 e. The molecule has 0 radical (unpaired) electrons. The van der Waals surface area contributed by atoms with Gasteiger partial charge < -0.3 is 10.5 Å². The van der Waals surface area contributed by atoms with Gasteiger partial charge in [-0.2, -0.15) is 0 Å². The summed E-state index contributed by atoms with van der Waals surface area (Å²) >= 11 is 0. The van der Waals surface area contributed by atoms with Crippen LogP contribution < -0.4 is 5.73 Å². The van der Waals surface area contributed by atoms with Crippen LogP contribution in [0.3, 0.4) is 0 Å². The van der Waals surface area contributed by atoms with Crippen molar-refractivity contribution in [1.29, 1.82) is 0 Å². The van der Waals surface area contributed by atoms with E-state index in [0.717, 1.165) is 0 Å². The first-order valence-corrected chi connectivity index (χ1v) is 3.54. The summed E-state index contributed by atoms with van der Waals surface area (Å²) in [6.45, 7) is 5.61. The molecule has 0 unspecified atom stereocenters. The minimum Gasteiger partial charge on any atom is -0.461 e. The third-order valence-electron chi connectivity index (χ3n) is 0.889. The molecule has 0 rings (SSSR count). The maximum atomic E-state index is 10.7. The highest BCUT2D eigenvalue weighted by molar-refractivity contribution is 5.81. The quantitative estimate of drug-likeness (QED) is 0.488. The van der Waals surface area contributed by atoms with E-state index in [4.69, 9.17) is 10.5 Å². The molecule has 11 heavy (non-hydrogen) atoms. The predicted octanol–water partition coefficient (Wildman–Crippen LogP) is 0.843. The lowest BCUT2D eigenvalue weighted by molar-refractivity contribution is -0.139. The Hall–Kier alpha value is -0.830. The normalized spacial score (nSPS) is 12.0. The molecule has 0 spiro atoms. The van der Waals surface area contributed by atoms with Gasteiger partial charge in [0, 0.05) is 11.6 Å². The third kappa shape index (κ3) is 7.06. The first-order valence-electron chi connectivity index (χ1n) is 3.54. The van der Waals surface area contributed by atoms with Crippen molar-refractivity contribution in [1.82, 2.24) is 0 Å². The van der Waals surface area contributed by atoms with Crippen molar-refractivity contribution in [2.45, 2.75) is 26.3 Å². The highest BCUT2D eigenvalue weighted by Crippen LogP contribution is 1.97. The summed E-state index contributed by atoms with van der Waals surface area (Å²) in [7, 11) is 0. The highest BCUT2D eigenvalue weighted by atomic mass is 16.5. The van der Waals surface area contributed by atoms with E-state index >= 15 is 0 Å². The molecule has 0 aromatic rings. The van der Waals surface area contributed by atoms with E-state index in [1.54, 1.807) is 26.8 Å². The molecule has 3 nitrogen and oxygen atoms in total. The molecule has 2 N–H and O–H groups in total. The van der Waals surface area contributed by atoms with Crippen LogP contribution in [0.1, 0.15) is 20.8 Å². The zero-order chi connectivity index (χ0) is 8.91. The highest BCUT2D eigenvalue weighted by Gasteiger charge is 2.12. The zero-order valence-corrected chi connectivity index (χ0v) is 7.26. The van der Waals surface area contributed by atoms with Gasteiger partial charge in [0.2, 0.25) is 0 Å². The molecule has 0 saturated heterocycles. The summed E-state index contributed by atoms with van der Waals surface area (Å²) in [5, 5.41) is 0. The summed E-state index contributed by atoms with van der Waals surface area (Å²) in [6, 6.07) is 0. The van der Waals surface area contributed by atoms with Crippen LogP contribution in [0.5, 0.6) is 0 Å². The Morgan fingerprint density at radius 1 is 1.64 bits per heavy atom. The number of nitrogens with two attached hydrogens (primary N) is 1. The second-order valence-electron chi connectivity index (χ2n) is 3.10. The van der Waals surface area contributed by atoms with Gasteiger partial charge in [0.25, 0.3) is 0 Å². The van der Waals surface area contributed by atoms with E-state index in [9.17, 15) is 4.79 Å². The minimum atomic E-state index is -0.447. The van der Waals surface area contributed by atoms with Crippen LogP contribution in [-0.2, 0) is 9.53 Å². The van der Waals surface area contributed by atoms with Gasteiger partial charge in [-0.1, -0.05) is 6.08 Å². The standard InChI is InChI=1S/C8H15NO2/c1-4-5-7(10)11-6-8(2,3)9/h4-5H,6,9H2,1-3H3. The molecule has 0 fully saturated rings. The van der Waals surface area contributed by atoms with Crippen LogP contribution in [-0.4, -0.2) is 18.1 Å². The molecular formula is C8H15NO2. The van der Waals surface area contributed by atoms with Crippen molar-refractivity contribution in [2.75, 3.05) is 6.61 Å². The Labute approximate surface area is 67.2 Å². The van der Waals surface area contributed by atoms with Crippen molar-refractivity contribution >= 4 is 5.97 Å². The third-order valence-corrected chi connectivity index (χ3v) is 0.889. The molecular weight excluding hydrogens is 142 g/mol. The van der Waals surface area contributed by atoms with Crippen LogP contribution in [0.4, 0.5) is 0 Å². The zero-order valence-electron chi connectivity index (χ0n) is 7.26. The Bertz CT molecular complexity index is 156. The van der Waals surface area contributed by atoms with Crippen LogP contribution in [0, 0.1) is 0 Å². The SMILES string of the molecule is CC=CC(=O)OCC(C)(C)N. The van der Waals surface area contributed by atoms with Gasteiger partial charge in [-0.05, 0) is 20.8 Å². The van der Waals surface area contributed by atoms with Gasteiger partial charge in [0.1, 0.15) is 6.61 Å². The van der Waals surface area contributed by atoms with Gasteiger partial charge in [-0.25, -0.2) is 4.79 Å². The molecule has 0 saturated carbocycles. The fourth-order valence-electron chi connectivity index (χ4n) is 0.441. The predicted molar refractivity (Wildman–Crippen MR) is 44.0 cm³/mol. The summed E-state index contributed by atoms with van der Waals surface area (Å²) in [6.07, 6.45) is 3.00. The molecule has 3 heteroatoms. The summed E-state index contributed by atoms with van der Waals surface area (Å²) in [5.74, 6) is -0.342. The number of esters is 1. The molecule has 0 aromatic heterocycles. The fraction of sp³-hybridized carbons (Fsp3) is 0.625. The van der Waals surface area contributed by atoms with Gasteiger partial charge >= 0.3 is 5.97 Å². The smallest absolute Gasteiger partial charge is 0.330 e. The largest absolute Gasteiger partial charge is 0.461 e. The van der Waals surface area contributed by atoms with E-state index in [0.29, 0.717) is 0 Å². The molecule has 64 valence electrons. The number of hydrogen-bond donors (Lipinski definition) is 1. The summed E-state index contributed by atoms with van der Waals surface area (Å²) < 4.78 is 4.80. The molecule has 0 bridgehead atoms. The lowest BCUT2D eigenvalue weighted by atomic mass is 10.1. The minimum absolute atomic E-state index is 0.246. The molecule has 0 aliphatic carbocycles. The summed E-state index contributed by atoms with van der Waals surface area (Å²) in [4.78, 5) is 10.7. The van der Waals surface area contributed by atoms with Crippen molar-refractivity contribution in [3.8, 4) is 0 Å². The van der Waals surface area contributed by atoms with Gasteiger partial charge in [0.05, 0.1) is 0 Å². The maximum absolute atomic E-state index is 10.7. The number of rotatable bonds is 3. The average molecular weight is 157 g/mol. The molecule has 0 aliphatic rings. The Morgan fingerprint density at radius 2 is 2.18 bits per heavy atom. The van der Waals surface area contributed by atoms with Gasteiger partial charge in [-0.3, -0.25) is 0 Å².